The highest BCUT2D eigenvalue weighted by Gasteiger charge is 2.11. The Hall–Kier alpha value is -1.68. The lowest BCUT2D eigenvalue weighted by atomic mass is 10.2. The Labute approximate surface area is 105 Å². The molecule has 0 radical (unpaired) electrons. The number of nitrogens with one attached hydrogen (secondary N) is 1. The molecule has 0 saturated carbocycles. The van der Waals surface area contributed by atoms with Crippen molar-refractivity contribution in [1.29, 1.82) is 0 Å². The average Bonchev–Trinajstić information content (AvgIpc) is 2.82. The van der Waals surface area contributed by atoms with Gasteiger partial charge < -0.3 is 5.32 Å². The first-order chi connectivity index (χ1) is 8.25. The molecule has 2 aromatic rings. The Kier molecular flexibility index (Phi) is 3.88. The van der Waals surface area contributed by atoms with Crippen LogP contribution in [0.3, 0.4) is 0 Å². The van der Waals surface area contributed by atoms with E-state index in [1.54, 1.807) is 29.7 Å². The molecule has 0 spiro atoms. The number of hydrogen-bond donors (Lipinski definition) is 1. The molecule has 1 atom stereocenters. The summed E-state index contributed by atoms with van der Waals surface area (Å²) in [5.74, 6) is -0.116. The monoisotopic (exact) mass is 246 g/mol. The number of carbonyl (C=O) groups is 1. The van der Waals surface area contributed by atoms with Gasteiger partial charge in [0.05, 0.1) is 0 Å². The Morgan fingerprint density at radius 2 is 2.29 bits per heavy atom. The standard InChI is InChI=1S/C13H14N2OS/c1-10(9-11-5-4-8-17-11)15-13(16)12-6-2-3-7-14-12/h2-8,10H,9H2,1H3,(H,15,16). The van der Waals surface area contributed by atoms with Crippen molar-refractivity contribution in [3.8, 4) is 0 Å². The zero-order chi connectivity index (χ0) is 12.1. The SMILES string of the molecule is CC(Cc1cccs1)NC(=O)c1ccccn1. The van der Waals surface area contributed by atoms with Gasteiger partial charge in [0.1, 0.15) is 5.69 Å². The molecule has 1 amide bonds. The first-order valence-electron chi connectivity index (χ1n) is 5.50. The summed E-state index contributed by atoms with van der Waals surface area (Å²) in [5.41, 5.74) is 0.463. The molecular weight excluding hydrogens is 232 g/mol. The smallest absolute Gasteiger partial charge is 0.270 e. The van der Waals surface area contributed by atoms with Gasteiger partial charge in [0, 0.05) is 23.5 Å². The van der Waals surface area contributed by atoms with Crippen molar-refractivity contribution in [1.82, 2.24) is 10.3 Å². The average molecular weight is 246 g/mol. The van der Waals surface area contributed by atoms with E-state index in [-0.39, 0.29) is 11.9 Å². The highest BCUT2D eigenvalue weighted by Crippen LogP contribution is 2.11. The van der Waals surface area contributed by atoms with Gasteiger partial charge in [-0.05, 0) is 30.5 Å². The Morgan fingerprint density at radius 1 is 1.41 bits per heavy atom. The van der Waals surface area contributed by atoms with Crippen LogP contribution in [0.1, 0.15) is 22.3 Å². The van der Waals surface area contributed by atoms with Crippen LogP contribution in [-0.4, -0.2) is 16.9 Å². The van der Waals surface area contributed by atoms with Gasteiger partial charge in [-0.1, -0.05) is 12.1 Å². The molecule has 0 fully saturated rings. The summed E-state index contributed by atoms with van der Waals surface area (Å²) in [7, 11) is 0. The highest BCUT2D eigenvalue weighted by molar-refractivity contribution is 7.09. The molecule has 0 saturated heterocycles. The molecule has 0 bridgehead atoms. The number of pyridine rings is 1. The second-order valence-corrected chi connectivity index (χ2v) is 4.91. The molecule has 0 aliphatic heterocycles. The molecule has 1 N–H and O–H groups in total. The number of amides is 1. The third kappa shape index (κ3) is 3.39. The van der Waals surface area contributed by atoms with Gasteiger partial charge in [-0.3, -0.25) is 9.78 Å². The van der Waals surface area contributed by atoms with Crippen molar-refractivity contribution in [3.63, 3.8) is 0 Å². The minimum absolute atomic E-state index is 0.114. The van der Waals surface area contributed by atoms with Crippen LogP contribution in [0.4, 0.5) is 0 Å². The van der Waals surface area contributed by atoms with Gasteiger partial charge in [0.25, 0.3) is 5.91 Å². The fourth-order valence-corrected chi connectivity index (χ4v) is 2.41. The van der Waals surface area contributed by atoms with E-state index >= 15 is 0 Å². The summed E-state index contributed by atoms with van der Waals surface area (Å²) in [6.45, 7) is 2.00. The summed E-state index contributed by atoms with van der Waals surface area (Å²) in [5, 5.41) is 4.98. The summed E-state index contributed by atoms with van der Waals surface area (Å²) in [6.07, 6.45) is 2.48. The maximum absolute atomic E-state index is 11.8. The molecule has 17 heavy (non-hydrogen) atoms. The first kappa shape index (κ1) is 11.8. The number of rotatable bonds is 4. The molecule has 0 aliphatic carbocycles. The van der Waals surface area contributed by atoms with E-state index in [0.29, 0.717) is 5.69 Å². The zero-order valence-electron chi connectivity index (χ0n) is 9.59. The maximum Gasteiger partial charge on any atom is 0.270 e. The van der Waals surface area contributed by atoms with E-state index in [9.17, 15) is 4.79 Å². The van der Waals surface area contributed by atoms with Crippen molar-refractivity contribution in [2.24, 2.45) is 0 Å². The van der Waals surface area contributed by atoms with Crippen molar-refractivity contribution in [3.05, 3.63) is 52.5 Å². The van der Waals surface area contributed by atoms with Crippen LogP contribution < -0.4 is 5.32 Å². The van der Waals surface area contributed by atoms with Gasteiger partial charge in [-0.2, -0.15) is 0 Å². The summed E-state index contributed by atoms with van der Waals surface area (Å²) < 4.78 is 0. The molecular formula is C13H14N2OS. The van der Waals surface area contributed by atoms with Crippen molar-refractivity contribution in [2.75, 3.05) is 0 Å². The Bertz CT molecular complexity index is 467. The third-order valence-corrected chi connectivity index (χ3v) is 3.26. The second kappa shape index (κ2) is 5.59. The number of thiophene rings is 1. The van der Waals surface area contributed by atoms with Crippen molar-refractivity contribution in [2.45, 2.75) is 19.4 Å². The number of nitrogens with zero attached hydrogens (tertiary/aromatic N) is 1. The minimum atomic E-state index is -0.116. The van der Waals surface area contributed by atoms with Gasteiger partial charge in [-0.15, -0.1) is 11.3 Å². The van der Waals surface area contributed by atoms with Crippen LogP contribution in [0.25, 0.3) is 0 Å². The highest BCUT2D eigenvalue weighted by atomic mass is 32.1. The predicted molar refractivity (Wildman–Crippen MR) is 69.2 cm³/mol. The molecule has 2 heterocycles. The number of aromatic nitrogens is 1. The Morgan fingerprint density at radius 3 is 2.94 bits per heavy atom. The predicted octanol–water partition coefficient (Wildman–Crippen LogP) is 2.50. The molecule has 1 unspecified atom stereocenters. The van der Waals surface area contributed by atoms with E-state index in [0.717, 1.165) is 6.42 Å². The number of hydrogen-bond acceptors (Lipinski definition) is 3. The van der Waals surface area contributed by atoms with Gasteiger partial charge >= 0.3 is 0 Å². The normalized spacial score (nSPS) is 12.1. The third-order valence-electron chi connectivity index (χ3n) is 2.36. The van der Waals surface area contributed by atoms with E-state index < -0.39 is 0 Å². The lowest BCUT2D eigenvalue weighted by Gasteiger charge is -2.12. The summed E-state index contributed by atoms with van der Waals surface area (Å²) >= 11 is 1.71. The topological polar surface area (TPSA) is 42.0 Å². The molecule has 2 aromatic heterocycles. The van der Waals surface area contributed by atoms with E-state index in [1.807, 2.05) is 24.4 Å². The van der Waals surface area contributed by atoms with Gasteiger partial charge in [-0.25, -0.2) is 0 Å². The largest absolute Gasteiger partial charge is 0.348 e. The fourth-order valence-electron chi connectivity index (χ4n) is 1.58. The van der Waals surface area contributed by atoms with E-state index in [2.05, 4.69) is 16.4 Å². The molecule has 88 valence electrons. The van der Waals surface area contributed by atoms with E-state index in [1.165, 1.54) is 4.88 Å². The van der Waals surface area contributed by atoms with Crippen LogP contribution in [0.15, 0.2) is 41.9 Å². The minimum Gasteiger partial charge on any atom is -0.348 e. The first-order valence-corrected chi connectivity index (χ1v) is 6.38. The van der Waals surface area contributed by atoms with Crippen LogP contribution in [0.5, 0.6) is 0 Å². The van der Waals surface area contributed by atoms with Crippen LogP contribution >= 0.6 is 11.3 Å². The maximum atomic E-state index is 11.8. The summed E-state index contributed by atoms with van der Waals surface area (Å²) in [6, 6.07) is 9.54. The molecule has 0 aromatic carbocycles. The molecule has 0 aliphatic rings. The Balaban J connectivity index is 1.91. The van der Waals surface area contributed by atoms with Gasteiger partial charge in [0.2, 0.25) is 0 Å². The van der Waals surface area contributed by atoms with Crippen LogP contribution in [0, 0.1) is 0 Å². The molecule has 4 heteroatoms. The van der Waals surface area contributed by atoms with Crippen LogP contribution in [0.2, 0.25) is 0 Å². The van der Waals surface area contributed by atoms with Crippen molar-refractivity contribution < 1.29 is 4.79 Å². The van der Waals surface area contributed by atoms with E-state index in [4.69, 9.17) is 0 Å². The summed E-state index contributed by atoms with van der Waals surface area (Å²) in [4.78, 5) is 17.1. The second-order valence-electron chi connectivity index (χ2n) is 3.87. The quantitative estimate of drug-likeness (QED) is 0.900. The number of carbonyl (C=O) groups excluding carboxylic acids is 1. The lowest BCUT2D eigenvalue weighted by Crippen LogP contribution is -2.34. The molecule has 2 rings (SSSR count). The zero-order valence-corrected chi connectivity index (χ0v) is 10.4. The fraction of sp³-hybridized carbons (Fsp3) is 0.231. The van der Waals surface area contributed by atoms with Gasteiger partial charge in [0.15, 0.2) is 0 Å². The van der Waals surface area contributed by atoms with Crippen molar-refractivity contribution >= 4 is 17.2 Å². The van der Waals surface area contributed by atoms with Crippen LogP contribution in [-0.2, 0) is 6.42 Å². The molecule has 3 nitrogen and oxygen atoms in total. The lowest BCUT2D eigenvalue weighted by molar-refractivity contribution is 0.0935.